The van der Waals surface area contributed by atoms with Crippen LogP contribution in [0.1, 0.15) is 23.1 Å². The second-order valence-corrected chi connectivity index (χ2v) is 9.31. The Bertz CT molecular complexity index is 1060. The first-order valence-corrected chi connectivity index (χ1v) is 11.4. The highest BCUT2D eigenvalue weighted by Gasteiger charge is 2.56. The maximum atomic E-state index is 13.6. The lowest BCUT2D eigenvalue weighted by Gasteiger charge is -2.44. The summed E-state index contributed by atoms with van der Waals surface area (Å²) in [6, 6.07) is 12.9. The predicted molar refractivity (Wildman–Crippen MR) is 124 cm³/mol. The summed E-state index contributed by atoms with van der Waals surface area (Å²) in [5, 5.41) is 4.21. The van der Waals surface area contributed by atoms with E-state index in [2.05, 4.69) is 47.2 Å². The minimum absolute atomic E-state index is 0.131. The molecule has 2 aromatic rings. The van der Waals surface area contributed by atoms with Gasteiger partial charge in [0.05, 0.1) is 6.54 Å². The van der Waals surface area contributed by atoms with Crippen molar-refractivity contribution < 1.29 is 9.59 Å². The van der Waals surface area contributed by atoms with Crippen LogP contribution in [0.3, 0.4) is 0 Å². The van der Waals surface area contributed by atoms with Crippen LogP contribution < -0.4 is 10.2 Å². The Morgan fingerprint density at radius 1 is 1.06 bits per heavy atom. The quantitative estimate of drug-likeness (QED) is 0.773. The fourth-order valence-electron chi connectivity index (χ4n) is 5.13. The predicted octanol–water partition coefficient (Wildman–Crippen LogP) is 3.14. The molecule has 3 amide bonds. The number of amides is 3. The molecule has 3 atom stereocenters. The van der Waals surface area contributed by atoms with E-state index in [9.17, 15) is 9.59 Å². The molecule has 0 radical (unpaired) electrons. The molecule has 3 fully saturated rings. The summed E-state index contributed by atoms with van der Waals surface area (Å²) in [5.74, 6) is -0.147. The number of likely N-dealkylation sites (N-methyl/N-ethyl adjacent to an activating group) is 1. The molecule has 0 aromatic heterocycles. The lowest BCUT2D eigenvalue weighted by atomic mass is 10.1. The Hall–Kier alpha value is -2.61. The number of fused-ring (bicyclic) bond motifs is 3. The zero-order valence-electron chi connectivity index (χ0n) is 18.6. The first kappa shape index (κ1) is 21.2. The zero-order chi connectivity index (χ0) is 22.6. The molecule has 3 heterocycles. The Morgan fingerprint density at radius 2 is 1.81 bits per heavy atom. The van der Waals surface area contributed by atoms with Gasteiger partial charge in [0, 0.05) is 30.8 Å². The number of anilines is 1. The fraction of sp³-hybridized carbons (Fsp3) is 0.417. The Morgan fingerprint density at radius 3 is 2.56 bits per heavy atom. The minimum Gasteiger partial charge on any atom is -0.343 e. The molecule has 7 nitrogen and oxygen atoms in total. The molecule has 3 unspecified atom stereocenters. The summed E-state index contributed by atoms with van der Waals surface area (Å²) in [6.07, 6.45) is 0.470. The van der Waals surface area contributed by atoms with Gasteiger partial charge in [0.2, 0.25) is 0 Å². The third kappa shape index (κ3) is 3.36. The van der Waals surface area contributed by atoms with Crippen LogP contribution in [0, 0.1) is 13.8 Å². The lowest BCUT2D eigenvalue weighted by Crippen LogP contribution is -2.66. The van der Waals surface area contributed by atoms with Gasteiger partial charge >= 0.3 is 6.03 Å². The third-order valence-electron chi connectivity index (χ3n) is 7.01. The molecule has 168 valence electrons. The van der Waals surface area contributed by atoms with E-state index < -0.39 is 6.04 Å². The van der Waals surface area contributed by atoms with Gasteiger partial charge in [-0.05, 0) is 55.2 Å². The van der Waals surface area contributed by atoms with Gasteiger partial charge in [-0.25, -0.2) is 4.79 Å². The summed E-state index contributed by atoms with van der Waals surface area (Å²) < 4.78 is 0. The molecule has 5 rings (SSSR count). The second kappa shape index (κ2) is 8.06. The van der Waals surface area contributed by atoms with Crippen LogP contribution in [0.15, 0.2) is 42.5 Å². The third-order valence-corrected chi connectivity index (χ3v) is 7.26. The van der Waals surface area contributed by atoms with E-state index in [4.69, 9.17) is 11.6 Å². The van der Waals surface area contributed by atoms with E-state index in [1.165, 1.54) is 21.7 Å². The van der Waals surface area contributed by atoms with Crippen LogP contribution in [-0.2, 0) is 11.3 Å². The molecular formula is C24H28ClN5O2. The van der Waals surface area contributed by atoms with Gasteiger partial charge in [-0.2, -0.15) is 0 Å². The Balaban J connectivity index is 1.45. The molecule has 0 spiro atoms. The number of nitrogens with zero attached hydrogens (tertiary/aromatic N) is 4. The molecular weight excluding hydrogens is 426 g/mol. The summed E-state index contributed by atoms with van der Waals surface area (Å²) in [4.78, 5) is 34.3. The van der Waals surface area contributed by atoms with E-state index in [1.54, 1.807) is 24.1 Å². The largest absolute Gasteiger partial charge is 0.343 e. The van der Waals surface area contributed by atoms with Crippen LogP contribution in [-0.4, -0.2) is 65.3 Å². The van der Waals surface area contributed by atoms with Crippen LogP contribution in [0.4, 0.5) is 10.5 Å². The highest BCUT2D eigenvalue weighted by Crippen LogP contribution is 2.35. The summed E-state index contributed by atoms with van der Waals surface area (Å²) >= 11 is 5.99. The molecule has 0 saturated carbocycles. The van der Waals surface area contributed by atoms with Crippen LogP contribution >= 0.6 is 11.6 Å². The van der Waals surface area contributed by atoms with Gasteiger partial charge in [0.1, 0.15) is 18.5 Å². The van der Waals surface area contributed by atoms with Crippen LogP contribution in [0.5, 0.6) is 0 Å². The van der Waals surface area contributed by atoms with E-state index >= 15 is 0 Å². The highest BCUT2D eigenvalue weighted by atomic mass is 35.5. The first-order chi connectivity index (χ1) is 15.4. The van der Waals surface area contributed by atoms with Gasteiger partial charge in [0.25, 0.3) is 5.91 Å². The van der Waals surface area contributed by atoms with Crippen molar-refractivity contribution in [2.45, 2.75) is 45.3 Å². The highest BCUT2D eigenvalue weighted by molar-refractivity contribution is 6.30. The lowest BCUT2D eigenvalue weighted by molar-refractivity contribution is -0.139. The van der Waals surface area contributed by atoms with E-state index in [1.807, 2.05) is 12.1 Å². The SMILES string of the molecule is Cc1cccc(N2CCCN3C4C(=O)N(Cc5ccc(Cl)cc5)C(=O)N(C)C4NC23)c1C. The molecule has 8 heteroatoms. The minimum atomic E-state index is -0.414. The summed E-state index contributed by atoms with van der Waals surface area (Å²) in [5.41, 5.74) is 4.53. The summed E-state index contributed by atoms with van der Waals surface area (Å²) in [6.45, 7) is 6.20. The molecule has 1 N–H and O–H groups in total. The van der Waals surface area contributed by atoms with Crippen molar-refractivity contribution in [1.82, 2.24) is 20.0 Å². The standard InChI is InChI=1S/C24H28ClN5O2/c1-15-6-4-7-19(16(15)2)28-12-5-13-29-20-21(26-23(28)29)27(3)24(32)30(22(20)31)14-17-8-10-18(25)11-9-17/h4,6-11,20-21,23,26H,5,12-14H2,1-3H3. The number of hydrogen-bond acceptors (Lipinski definition) is 5. The van der Waals surface area contributed by atoms with Crippen molar-refractivity contribution in [3.05, 3.63) is 64.2 Å². The van der Waals surface area contributed by atoms with Crippen molar-refractivity contribution in [2.24, 2.45) is 0 Å². The number of halogens is 1. The van der Waals surface area contributed by atoms with Gasteiger partial charge in [-0.3, -0.25) is 19.9 Å². The van der Waals surface area contributed by atoms with Crippen molar-refractivity contribution in [2.75, 3.05) is 25.0 Å². The topological polar surface area (TPSA) is 59.1 Å². The van der Waals surface area contributed by atoms with E-state index in [0.29, 0.717) is 5.02 Å². The normalized spacial score (nSPS) is 25.9. The number of imide groups is 1. The smallest absolute Gasteiger partial charge is 0.328 e. The molecule has 3 aliphatic rings. The van der Waals surface area contributed by atoms with Gasteiger partial charge < -0.3 is 9.80 Å². The maximum Gasteiger partial charge on any atom is 0.328 e. The number of rotatable bonds is 3. The van der Waals surface area contributed by atoms with E-state index in [-0.39, 0.29) is 30.9 Å². The molecule has 2 aromatic carbocycles. The summed E-state index contributed by atoms with van der Waals surface area (Å²) in [7, 11) is 1.77. The Kier molecular flexibility index (Phi) is 5.35. The van der Waals surface area contributed by atoms with Gasteiger partial charge in [0.15, 0.2) is 0 Å². The van der Waals surface area contributed by atoms with Crippen LogP contribution in [0.2, 0.25) is 5.02 Å². The van der Waals surface area contributed by atoms with Crippen molar-refractivity contribution in [3.63, 3.8) is 0 Å². The number of carbonyl (C=O) groups excluding carboxylic acids is 2. The molecule has 0 bridgehead atoms. The average Bonchev–Trinajstić information content (AvgIpc) is 3.18. The molecule has 3 aliphatic heterocycles. The van der Waals surface area contributed by atoms with Crippen molar-refractivity contribution in [1.29, 1.82) is 0 Å². The zero-order valence-corrected chi connectivity index (χ0v) is 19.3. The van der Waals surface area contributed by atoms with Crippen LogP contribution in [0.25, 0.3) is 0 Å². The van der Waals surface area contributed by atoms with Crippen molar-refractivity contribution in [3.8, 4) is 0 Å². The molecule has 32 heavy (non-hydrogen) atoms. The number of nitrogens with one attached hydrogen (secondary N) is 1. The van der Waals surface area contributed by atoms with Gasteiger partial charge in [-0.15, -0.1) is 0 Å². The van der Waals surface area contributed by atoms with Crippen molar-refractivity contribution >= 4 is 29.2 Å². The number of carbonyl (C=O) groups is 2. The Labute approximate surface area is 193 Å². The fourth-order valence-corrected chi connectivity index (χ4v) is 5.26. The first-order valence-electron chi connectivity index (χ1n) is 11.0. The van der Waals surface area contributed by atoms with E-state index in [0.717, 1.165) is 25.1 Å². The van der Waals surface area contributed by atoms with Gasteiger partial charge in [-0.1, -0.05) is 35.9 Å². The monoisotopic (exact) mass is 453 g/mol. The molecule has 0 aliphatic carbocycles. The second-order valence-electron chi connectivity index (χ2n) is 8.88. The number of urea groups is 1. The average molecular weight is 454 g/mol. The molecule has 3 saturated heterocycles. The number of benzene rings is 2. The number of hydrogen-bond donors (Lipinski definition) is 1. The number of aryl methyl sites for hydroxylation is 1. The maximum absolute atomic E-state index is 13.6.